The second-order valence-electron chi connectivity index (χ2n) is 7.56. The zero-order chi connectivity index (χ0) is 20.1. The summed E-state index contributed by atoms with van der Waals surface area (Å²) in [4.78, 5) is 20.9. The van der Waals surface area contributed by atoms with E-state index in [1.807, 2.05) is 51.4 Å². The molecule has 0 aliphatic carbocycles. The molecule has 0 aliphatic heterocycles. The molecule has 28 heavy (non-hydrogen) atoms. The third-order valence-corrected chi connectivity index (χ3v) is 5.55. The van der Waals surface area contributed by atoms with E-state index in [1.165, 1.54) is 10.9 Å². The van der Waals surface area contributed by atoms with Crippen LogP contribution < -0.4 is 5.32 Å². The Kier molecular flexibility index (Phi) is 6.67. The third kappa shape index (κ3) is 6.01. The smallest absolute Gasteiger partial charge is 0.407 e. The van der Waals surface area contributed by atoms with E-state index in [-0.39, 0.29) is 6.04 Å². The highest BCUT2D eigenvalue weighted by Crippen LogP contribution is 2.24. The van der Waals surface area contributed by atoms with Gasteiger partial charge in [0, 0.05) is 50.7 Å². The van der Waals surface area contributed by atoms with Gasteiger partial charge in [0.2, 0.25) is 0 Å². The Morgan fingerprint density at radius 1 is 1.32 bits per heavy atom. The number of amides is 1. The van der Waals surface area contributed by atoms with E-state index in [2.05, 4.69) is 43.3 Å². The summed E-state index contributed by atoms with van der Waals surface area (Å²) in [6.07, 6.45) is 5.90. The minimum atomic E-state index is -0.531. The number of carbonyl (C=O) groups is 1. The largest absolute Gasteiger partial charge is 0.444 e. The van der Waals surface area contributed by atoms with Crippen molar-refractivity contribution in [2.45, 2.75) is 43.7 Å². The molecule has 5 nitrogen and oxygen atoms in total. The van der Waals surface area contributed by atoms with Gasteiger partial charge >= 0.3 is 6.09 Å². The number of para-hydroxylation sites is 1. The lowest BCUT2D eigenvalue weighted by Gasteiger charge is -2.23. The highest BCUT2D eigenvalue weighted by atomic mass is 79.9. The average Bonchev–Trinajstić information content (AvgIpc) is 3.01. The van der Waals surface area contributed by atoms with E-state index in [4.69, 9.17) is 4.74 Å². The zero-order valence-electron chi connectivity index (χ0n) is 16.2. The number of nitrogens with one attached hydrogen (secondary N) is 2. The Morgan fingerprint density at radius 2 is 2.11 bits per heavy atom. The standard InChI is InChI=1S/C21H24BrN3O2S/c1-21(2,3)27-20(26)25-16(13-28-17-9-15(22)11-23-12-17)8-14-10-24-19-7-5-4-6-18(14)19/h4-7,9-12,16,24H,8,13H2,1-3H3,(H,25,26). The Morgan fingerprint density at radius 3 is 2.86 bits per heavy atom. The maximum atomic E-state index is 12.4. The van der Waals surface area contributed by atoms with Crippen molar-refractivity contribution in [2.24, 2.45) is 0 Å². The molecule has 0 saturated heterocycles. The molecule has 148 valence electrons. The molecule has 0 aliphatic rings. The number of fused-ring (bicyclic) bond motifs is 1. The van der Waals surface area contributed by atoms with E-state index < -0.39 is 11.7 Å². The van der Waals surface area contributed by atoms with Crippen molar-refractivity contribution < 1.29 is 9.53 Å². The van der Waals surface area contributed by atoms with Crippen molar-refractivity contribution in [1.29, 1.82) is 0 Å². The minimum Gasteiger partial charge on any atom is -0.444 e. The highest BCUT2D eigenvalue weighted by Gasteiger charge is 2.21. The van der Waals surface area contributed by atoms with Gasteiger partial charge in [0.15, 0.2) is 0 Å². The maximum Gasteiger partial charge on any atom is 0.407 e. The number of aromatic amines is 1. The molecule has 7 heteroatoms. The van der Waals surface area contributed by atoms with Crippen molar-refractivity contribution in [2.75, 3.05) is 5.75 Å². The molecule has 0 bridgehead atoms. The van der Waals surface area contributed by atoms with E-state index in [0.717, 1.165) is 14.9 Å². The van der Waals surface area contributed by atoms with E-state index in [1.54, 1.807) is 18.0 Å². The van der Waals surface area contributed by atoms with Crippen LogP contribution in [0.2, 0.25) is 0 Å². The van der Waals surface area contributed by atoms with Crippen LogP contribution in [0.4, 0.5) is 4.79 Å². The van der Waals surface area contributed by atoms with Crippen LogP contribution in [0.1, 0.15) is 26.3 Å². The molecule has 3 rings (SSSR count). The molecule has 2 aromatic heterocycles. The lowest BCUT2D eigenvalue weighted by molar-refractivity contribution is 0.0509. The first-order chi connectivity index (χ1) is 13.3. The number of rotatable bonds is 6. The fourth-order valence-electron chi connectivity index (χ4n) is 2.86. The molecular formula is C21H24BrN3O2S. The summed E-state index contributed by atoms with van der Waals surface area (Å²) in [6.45, 7) is 5.59. The van der Waals surface area contributed by atoms with Crippen molar-refractivity contribution in [3.05, 3.63) is 59.0 Å². The van der Waals surface area contributed by atoms with Gasteiger partial charge in [0.25, 0.3) is 0 Å². The first kappa shape index (κ1) is 20.7. The Balaban J connectivity index is 1.74. The molecule has 1 amide bonds. The van der Waals surface area contributed by atoms with Crippen molar-refractivity contribution in [3.63, 3.8) is 0 Å². The number of hydrogen-bond donors (Lipinski definition) is 2. The van der Waals surface area contributed by atoms with Gasteiger partial charge in [-0.1, -0.05) is 18.2 Å². The number of carbonyl (C=O) groups excluding carboxylic acids is 1. The van der Waals surface area contributed by atoms with Crippen LogP contribution in [0.5, 0.6) is 0 Å². The summed E-state index contributed by atoms with van der Waals surface area (Å²) in [5.41, 5.74) is 1.73. The summed E-state index contributed by atoms with van der Waals surface area (Å²) in [5.74, 6) is 0.705. The lowest BCUT2D eigenvalue weighted by atomic mass is 10.1. The average molecular weight is 462 g/mol. The van der Waals surface area contributed by atoms with Gasteiger partial charge in [-0.3, -0.25) is 4.98 Å². The minimum absolute atomic E-state index is 0.0852. The second kappa shape index (κ2) is 9.01. The number of pyridine rings is 1. The van der Waals surface area contributed by atoms with E-state index in [0.29, 0.717) is 12.2 Å². The van der Waals surface area contributed by atoms with Crippen LogP contribution in [0.3, 0.4) is 0 Å². The fourth-order valence-corrected chi connectivity index (χ4v) is 4.32. The van der Waals surface area contributed by atoms with Crippen molar-refractivity contribution >= 4 is 44.7 Å². The molecule has 0 fully saturated rings. The molecule has 0 spiro atoms. The fraction of sp³-hybridized carbons (Fsp3) is 0.333. The van der Waals surface area contributed by atoms with Crippen LogP contribution in [-0.4, -0.2) is 33.5 Å². The molecule has 1 atom stereocenters. The van der Waals surface area contributed by atoms with Gasteiger partial charge < -0.3 is 15.0 Å². The number of nitrogens with zero attached hydrogens (tertiary/aromatic N) is 1. The van der Waals surface area contributed by atoms with Crippen LogP contribution in [0, 0.1) is 0 Å². The molecule has 0 saturated carbocycles. The molecule has 3 aromatic rings. The predicted octanol–water partition coefficient (Wildman–Crippen LogP) is 5.55. The Bertz CT molecular complexity index is 952. The lowest BCUT2D eigenvalue weighted by Crippen LogP contribution is -2.41. The number of alkyl carbamates (subject to hydrolysis) is 1. The van der Waals surface area contributed by atoms with Gasteiger partial charge in [-0.15, -0.1) is 11.8 Å². The van der Waals surface area contributed by atoms with E-state index >= 15 is 0 Å². The zero-order valence-corrected chi connectivity index (χ0v) is 18.6. The number of hydrogen-bond acceptors (Lipinski definition) is 4. The molecule has 2 heterocycles. The highest BCUT2D eigenvalue weighted by molar-refractivity contribution is 9.10. The molecule has 2 N–H and O–H groups in total. The topological polar surface area (TPSA) is 67.0 Å². The summed E-state index contributed by atoms with van der Waals surface area (Å²) < 4.78 is 6.39. The maximum absolute atomic E-state index is 12.4. The first-order valence-corrected chi connectivity index (χ1v) is 10.9. The predicted molar refractivity (Wildman–Crippen MR) is 118 cm³/mol. The van der Waals surface area contributed by atoms with Crippen LogP contribution in [-0.2, 0) is 11.2 Å². The van der Waals surface area contributed by atoms with Crippen LogP contribution in [0.15, 0.2) is 58.3 Å². The number of thioether (sulfide) groups is 1. The van der Waals surface area contributed by atoms with Gasteiger partial charge in [-0.25, -0.2) is 4.79 Å². The Hall–Kier alpha value is -1.99. The molecule has 1 aromatic carbocycles. The van der Waals surface area contributed by atoms with Gasteiger partial charge in [-0.05, 0) is 60.8 Å². The first-order valence-electron chi connectivity index (χ1n) is 9.08. The van der Waals surface area contributed by atoms with E-state index in [9.17, 15) is 4.79 Å². The number of benzene rings is 1. The number of aromatic nitrogens is 2. The van der Waals surface area contributed by atoms with Gasteiger partial charge in [0.05, 0.1) is 0 Å². The third-order valence-electron chi connectivity index (χ3n) is 3.99. The normalized spacial score (nSPS) is 12.7. The summed E-state index contributed by atoms with van der Waals surface area (Å²) >= 11 is 5.11. The summed E-state index contributed by atoms with van der Waals surface area (Å²) in [5, 5.41) is 4.21. The monoisotopic (exact) mass is 461 g/mol. The van der Waals surface area contributed by atoms with Crippen LogP contribution >= 0.6 is 27.7 Å². The van der Waals surface area contributed by atoms with Crippen LogP contribution in [0.25, 0.3) is 10.9 Å². The number of halogens is 1. The molecule has 1 unspecified atom stereocenters. The summed E-state index contributed by atoms with van der Waals surface area (Å²) in [6, 6.07) is 10.1. The number of ether oxygens (including phenoxy) is 1. The quantitative estimate of drug-likeness (QED) is 0.471. The van der Waals surface area contributed by atoms with Crippen molar-refractivity contribution in [3.8, 4) is 0 Å². The van der Waals surface area contributed by atoms with Gasteiger partial charge in [-0.2, -0.15) is 0 Å². The molecule has 0 radical (unpaired) electrons. The van der Waals surface area contributed by atoms with Gasteiger partial charge in [0.1, 0.15) is 5.60 Å². The second-order valence-corrected chi connectivity index (χ2v) is 9.57. The van der Waals surface area contributed by atoms with Crippen molar-refractivity contribution in [1.82, 2.24) is 15.3 Å². The summed E-state index contributed by atoms with van der Waals surface area (Å²) in [7, 11) is 0. The Labute approximate surface area is 177 Å². The number of H-pyrrole nitrogens is 1. The SMILES string of the molecule is CC(C)(C)OC(=O)NC(CSc1cncc(Br)c1)Cc1c[nH]c2ccccc12. The molecular weight excluding hydrogens is 438 g/mol.